The maximum absolute atomic E-state index is 12.4. The molecule has 0 fully saturated rings. The van der Waals surface area contributed by atoms with E-state index in [1.165, 1.54) is 0 Å². The quantitative estimate of drug-likeness (QED) is 0.879. The Morgan fingerprint density at radius 1 is 1.12 bits per heavy atom. The van der Waals surface area contributed by atoms with E-state index in [1.807, 2.05) is 0 Å². The van der Waals surface area contributed by atoms with E-state index >= 15 is 0 Å². The molecule has 0 saturated heterocycles. The summed E-state index contributed by atoms with van der Waals surface area (Å²) in [5.41, 5.74) is -4.46. The molecule has 0 radical (unpaired) electrons. The monoisotopic (exact) mass is 359 g/mol. The average molecular weight is 359 g/mol. The molecule has 1 aromatic carbocycles. The average Bonchev–Trinajstić information content (AvgIpc) is 2.53. The summed E-state index contributed by atoms with van der Waals surface area (Å²) < 4.78 is 59.7. The van der Waals surface area contributed by atoms with Crippen LogP contribution in [-0.2, 0) is 16.4 Å². The Labute approximate surface area is 135 Å². The van der Waals surface area contributed by atoms with E-state index in [2.05, 4.69) is 15.6 Å². The molecule has 0 aliphatic rings. The van der Waals surface area contributed by atoms with Gasteiger partial charge >= 0.3 is 11.5 Å². The number of benzene rings is 1. The van der Waals surface area contributed by atoms with Gasteiger partial charge in [0.2, 0.25) is 0 Å². The van der Waals surface area contributed by atoms with E-state index < -0.39 is 26.3 Å². The van der Waals surface area contributed by atoms with Crippen molar-refractivity contribution in [2.24, 2.45) is 0 Å². The van der Waals surface area contributed by atoms with Crippen LogP contribution in [0.4, 0.5) is 23.7 Å². The number of amides is 2. The SMILES string of the molecule is O=C(NCc1cccnc1)Nc1ccc(S(=O)(=O)C(F)(F)F)cc1. The molecule has 0 bridgehead atoms. The van der Waals surface area contributed by atoms with Gasteiger partial charge in [0.1, 0.15) is 0 Å². The number of rotatable bonds is 4. The molecule has 0 saturated carbocycles. The second kappa shape index (κ2) is 6.87. The van der Waals surface area contributed by atoms with Gasteiger partial charge < -0.3 is 10.6 Å². The van der Waals surface area contributed by atoms with Crippen molar-refractivity contribution in [1.29, 1.82) is 0 Å². The lowest BCUT2D eigenvalue weighted by Gasteiger charge is -2.10. The first-order valence-corrected chi connectivity index (χ1v) is 8.03. The highest BCUT2D eigenvalue weighted by atomic mass is 32.2. The second-order valence-corrected chi connectivity index (χ2v) is 6.58. The second-order valence-electron chi connectivity index (χ2n) is 4.64. The number of pyridine rings is 1. The molecule has 2 amide bonds. The van der Waals surface area contributed by atoms with Gasteiger partial charge in [-0.1, -0.05) is 6.07 Å². The lowest BCUT2D eigenvalue weighted by atomic mass is 10.3. The third-order valence-corrected chi connectivity index (χ3v) is 4.41. The Morgan fingerprint density at radius 3 is 2.33 bits per heavy atom. The first-order valence-electron chi connectivity index (χ1n) is 6.55. The fourth-order valence-electron chi connectivity index (χ4n) is 1.71. The van der Waals surface area contributed by atoms with Gasteiger partial charge in [0, 0.05) is 24.6 Å². The number of anilines is 1. The van der Waals surface area contributed by atoms with E-state index in [9.17, 15) is 26.4 Å². The molecular weight excluding hydrogens is 347 g/mol. The van der Waals surface area contributed by atoms with Crippen LogP contribution in [0.5, 0.6) is 0 Å². The van der Waals surface area contributed by atoms with Crippen LogP contribution in [0.15, 0.2) is 53.7 Å². The van der Waals surface area contributed by atoms with Crippen LogP contribution in [0.3, 0.4) is 0 Å². The van der Waals surface area contributed by atoms with Crippen molar-refractivity contribution < 1.29 is 26.4 Å². The molecule has 0 spiro atoms. The molecule has 2 aromatic rings. The van der Waals surface area contributed by atoms with Crippen molar-refractivity contribution in [2.75, 3.05) is 5.32 Å². The normalized spacial score (nSPS) is 11.8. The Kier molecular flexibility index (Phi) is 5.07. The Bertz CT molecular complexity index is 807. The summed E-state index contributed by atoms with van der Waals surface area (Å²) in [7, 11) is -5.40. The largest absolute Gasteiger partial charge is 0.501 e. The van der Waals surface area contributed by atoms with Crippen LogP contribution in [0, 0.1) is 0 Å². The van der Waals surface area contributed by atoms with E-state index in [0.29, 0.717) is 0 Å². The summed E-state index contributed by atoms with van der Waals surface area (Å²) in [4.78, 5) is 14.7. The molecule has 24 heavy (non-hydrogen) atoms. The van der Waals surface area contributed by atoms with Crippen molar-refractivity contribution in [3.63, 3.8) is 0 Å². The summed E-state index contributed by atoms with van der Waals surface area (Å²) in [6, 6.07) is 6.56. The maximum atomic E-state index is 12.4. The molecule has 6 nitrogen and oxygen atoms in total. The first-order chi connectivity index (χ1) is 11.2. The number of alkyl halides is 3. The third-order valence-electron chi connectivity index (χ3n) is 2.90. The number of aromatic nitrogens is 1. The van der Waals surface area contributed by atoms with Crippen molar-refractivity contribution >= 4 is 21.6 Å². The molecule has 128 valence electrons. The zero-order valence-corrected chi connectivity index (χ0v) is 12.9. The molecule has 0 aliphatic carbocycles. The molecule has 10 heteroatoms. The van der Waals surface area contributed by atoms with Crippen LogP contribution < -0.4 is 10.6 Å². The van der Waals surface area contributed by atoms with Crippen LogP contribution in [-0.4, -0.2) is 24.9 Å². The fourth-order valence-corrected chi connectivity index (χ4v) is 2.47. The number of nitrogens with one attached hydrogen (secondary N) is 2. The minimum absolute atomic E-state index is 0.153. The van der Waals surface area contributed by atoms with Gasteiger partial charge in [-0.3, -0.25) is 4.98 Å². The van der Waals surface area contributed by atoms with Crippen LogP contribution in [0.25, 0.3) is 0 Å². The molecule has 0 aliphatic heterocycles. The third kappa shape index (κ3) is 4.22. The minimum atomic E-state index is -5.40. The lowest BCUT2D eigenvalue weighted by molar-refractivity contribution is -0.0436. The zero-order valence-electron chi connectivity index (χ0n) is 12.0. The lowest BCUT2D eigenvalue weighted by Crippen LogP contribution is -2.28. The van der Waals surface area contributed by atoms with Crippen molar-refractivity contribution in [3.8, 4) is 0 Å². The standard InChI is InChI=1S/C14H12F3N3O3S/c15-14(16,17)24(22,23)12-5-3-11(4-6-12)20-13(21)19-9-10-2-1-7-18-8-10/h1-8H,9H2,(H2,19,20,21). The van der Waals surface area contributed by atoms with Crippen molar-refractivity contribution in [3.05, 3.63) is 54.4 Å². The number of sulfone groups is 1. The van der Waals surface area contributed by atoms with Crippen LogP contribution >= 0.6 is 0 Å². The van der Waals surface area contributed by atoms with E-state index in [-0.39, 0.29) is 12.2 Å². The minimum Gasteiger partial charge on any atom is -0.334 e. The first kappa shape index (κ1) is 17.7. The van der Waals surface area contributed by atoms with Gasteiger partial charge in [-0.05, 0) is 35.9 Å². The van der Waals surface area contributed by atoms with Gasteiger partial charge in [0.15, 0.2) is 0 Å². The van der Waals surface area contributed by atoms with Gasteiger partial charge in [-0.2, -0.15) is 13.2 Å². The number of carbonyl (C=O) groups is 1. The number of hydrogen-bond acceptors (Lipinski definition) is 4. The molecule has 1 heterocycles. The summed E-state index contributed by atoms with van der Waals surface area (Å²) >= 11 is 0. The molecule has 0 unspecified atom stereocenters. The maximum Gasteiger partial charge on any atom is 0.501 e. The van der Waals surface area contributed by atoms with Gasteiger partial charge in [-0.25, -0.2) is 13.2 Å². The van der Waals surface area contributed by atoms with Gasteiger partial charge in [0.25, 0.3) is 9.84 Å². The zero-order chi connectivity index (χ0) is 17.8. The van der Waals surface area contributed by atoms with Gasteiger partial charge in [-0.15, -0.1) is 0 Å². The molecule has 2 rings (SSSR count). The molecular formula is C14H12F3N3O3S. The predicted molar refractivity (Wildman–Crippen MR) is 79.8 cm³/mol. The van der Waals surface area contributed by atoms with Gasteiger partial charge in [0.05, 0.1) is 4.90 Å². The smallest absolute Gasteiger partial charge is 0.334 e. The fraction of sp³-hybridized carbons (Fsp3) is 0.143. The Balaban J connectivity index is 1.98. The Hall–Kier alpha value is -2.62. The number of urea groups is 1. The van der Waals surface area contributed by atoms with Crippen LogP contribution in [0.2, 0.25) is 0 Å². The van der Waals surface area contributed by atoms with Crippen molar-refractivity contribution in [1.82, 2.24) is 10.3 Å². The highest BCUT2D eigenvalue weighted by Gasteiger charge is 2.46. The van der Waals surface area contributed by atoms with Crippen molar-refractivity contribution in [2.45, 2.75) is 16.9 Å². The number of hydrogen-bond donors (Lipinski definition) is 2. The van der Waals surface area contributed by atoms with E-state index in [1.54, 1.807) is 24.5 Å². The molecule has 0 atom stereocenters. The highest BCUT2D eigenvalue weighted by Crippen LogP contribution is 2.30. The number of nitrogens with zero attached hydrogens (tertiary/aromatic N) is 1. The molecule has 2 N–H and O–H groups in total. The summed E-state index contributed by atoms with van der Waals surface area (Å²) in [6.07, 6.45) is 3.15. The number of carbonyl (C=O) groups excluding carboxylic acids is 1. The topological polar surface area (TPSA) is 88.2 Å². The summed E-state index contributed by atoms with van der Waals surface area (Å²) in [6.45, 7) is 0.209. The predicted octanol–water partition coefficient (Wildman–Crippen LogP) is 2.70. The molecule has 1 aromatic heterocycles. The Morgan fingerprint density at radius 2 is 1.79 bits per heavy atom. The van der Waals surface area contributed by atoms with E-state index in [0.717, 1.165) is 29.8 Å². The summed E-state index contributed by atoms with van der Waals surface area (Å²) in [5, 5.41) is 4.91. The van der Waals surface area contributed by atoms with Crippen LogP contribution in [0.1, 0.15) is 5.56 Å². The van der Waals surface area contributed by atoms with E-state index in [4.69, 9.17) is 0 Å². The summed E-state index contributed by atoms with van der Waals surface area (Å²) in [5.74, 6) is 0. The highest BCUT2D eigenvalue weighted by molar-refractivity contribution is 7.92. The number of halogens is 3.